The number of anilines is 1. The lowest BCUT2D eigenvalue weighted by Crippen LogP contribution is -2.44. The number of fused-ring (bicyclic) bond motifs is 1. The number of benzene rings is 2. The maximum absolute atomic E-state index is 5.83. The highest BCUT2D eigenvalue weighted by Crippen LogP contribution is 2.37. The Hall–Kier alpha value is -3.19. The van der Waals surface area contributed by atoms with Crippen LogP contribution in [0.25, 0.3) is 0 Å². The van der Waals surface area contributed by atoms with Crippen molar-refractivity contribution in [2.75, 3.05) is 33.2 Å². The Morgan fingerprint density at radius 1 is 0.933 bits per heavy atom. The van der Waals surface area contributed by atoms with E-state index in [9.17, 15) is 0 Å². The summed E-state index contributed by atoms with van der Waals surface area (Å²) in [6, 6.07) is 18.0. The van der Waals surface area contributed by atoms with Crippen molar-refractivity contribution in [3.63, 3.8) is 0 Å². The van der Waals surface area contributed by atoms with Crippen LogP contribution < -0.4 is 19.5 Å². The third-order valence-electron chi connectivity index (χ3n) is 5.34. The number of ether oxygens (including phenoxy) is 3. The van der Waals surface area contributed by atoms with Crippen LogP contribution in [0.4, 0.5) is 5.69 Å². The largest absolute Gasteiger partial charge is 0.497 e. The Morgan fingerprint density at radius 2 is 1.77 bits per heavy atom. The van der Waals surface area contributed by atoms with Crippen LogP contribution in [-0.2, 0) is 6.54 Å². The standard InChI is InChI=1S/C23H25N3O3S/c1-27-18-7-4-6-17(15-18)24-23(30)26-13-12-25-11-5-8-19(25)22(26)16-9-10-20(28-2)21(14-16)29-3/h4-11,14-15,22H,12-13H2,1-3H3,(H,24,30)/t22-/m1/s1. The highest BCUT2D eigenvalue weighted by molar-refractivity contribution is 7.80. The number of nitrogens with zero attached hydrogens (tertiary/aromatic N) is 2. The lowest BCUT2D eigenvalue weighted by atomic mass is 9.99. The minimum atomic E-state index is -0.0424. The predicted molar refractivity (Wildman–Crippen MR) is 122 cm³/mol. The molecule has 6 nitrogen and oxygen atoms in total. The molecule has 1 aliphatic rings. The molecule has 4 rings (SSSR count). The van der Waals surface area contributed by atoms with Crippen LogP contribution in [0.1, 0.15) is 17.3 Å². The number of rotatable bonds is 5. The molecule has 0 bridgehead atoms. The van der Waals surface area contributed by atoms with E-state index >= 15 is 0 Å². The first kappa shape index (κ1) is 20.1. The monoisotopic (exact) mass is 423 g/mol. The van der Waals surface area contributed by atoms with E-state index in [0.29, 0.717) is 16.6 Å². The van der Waals surface area contributed by atoms with Crippen LogP contribution in [0.2, 0.25) is 0 Å². The topological polar surface area (TPSA) is 47.9 Å². The second kappa shape index (κ2) is 8.67. The van der Waals surface area contributed by atoms with Crippen molar-refractivity contribution in [2.24, 2.45) is 0 Å². The molecule has 1 atom stereocenters. The summed E-state index contributed by atoms with van der Waals surface area (Å²) in [7, 11) is 4.95. The second-order valence-electron chi connectivity index (χ2n) is 7.00. The van der Waals surface area contributed by atoms with Gasteiger partial charge in [-0.3, -0.25) is 0 Å². The van der Waals surface area contributed by atoms with Crippen molar-refractivity contribution in [2.45, 2.75) is 12.6 Å². The van der Waals surface area contributed by atoms with Crippen LogP contribution in [0.3, 0.4) is 0 Å². The van der Waals surface area contributed by atoms with Gasteiger partial charge in [0.15, 0.2) is 16.6 Å². The number of methoxy groups -OCH3 is 3. The van der Waals surface area contributed by atoms with Gasteiger partial charge in [-0.2, -0.15) is 0 Å². The average molecular weight is 424 g/mol. The molecule has 0 unspecified atom stereocenters. The van der Waals surface area contributed by atoms with Gasteiger partial charge in [0.25, 0.3) is 0 Å². The number of nitrogens with one attached hydrogen (secondary N) is 1. The van der Waals surface area contributed by atoms with Gasteiger partial charge in [-0.05, 0) is 54.2 Å². The van der Waals surface area contributed by atoms with Gasteiger partial charge in [0.2, 0.25) is 0 Å². The van der Waals surface area contributed by atoms with E-state index in [1.807, 2.05) is 36.4 Å². The third-order valence-corrected chi connectivity index (χ3v) is 5.68. The van der Waals surface area contributed by atoms with Crippen molar-refractivity contribution in [3.8, 4) is 17.2 Å². The van der Waals surface area contributed by atoms with Crippen LogP contribution in [0.5, 0.6) is 17.2 Å². The van der Waals surface area contributed by atoms with E-state index < -0.39 is 0 Å². The normalized spacial score (nSPS) is 15.3. The Balaban J connectivity index is 1.69. The zero-order valence-corrected chi connectivity index (χ0v) is 18.1. The van der Waals surface area contributed by atoms with Crippen molar-refractivity contribution in [3.05, 3.63) is 72.1 Å². The van der Waals surface area contributed by atoms with Gasteiger partial charge in [-0.25, -0.2) is 0 Å². The average Bonchev–Trinajstić information content (AvgIpc) is 3.27. The fourth-order valence-corrected chi connectivity index (χ4v) is 4.19. The molecule has 2 aromatic carbocycles. The first-order valence-corrected chi connectivity index (χ1v) is 10.1. The quantitative estimate of drug-likeness (QED) is 0.617. The molecule has 0 saturated heterocycles. The van der Waals surface area contributed by atoms with Gasteiger partial charge < -0.3 is 29.0 Å². The summed E-state index contributed by atoms with van der Waals surface area (Å²) in [5.74, 6) is 2.19. The molecule has 0 fully saturated rings. The van der Waals surface area contributed by atoms with Crippen LogP contribution in [-0.4, -0.2) is 42.5 Å². The maximum atomic E-state index is 5.83. The summed E-state index contributed by atoms with van der Waals surface area (Å²) in [6.45, 7) is 1.66. The zero-order chi connectivity index (χ0) is 21.1. The van der Waals surface area contributed by atoms with Gasteiger partial charge >= 0.3 is 0 Å². The van der Waals surface area contributed by atoms with Crippen LogP contribution in [0.15, 0.2) is 60.8 Å². The molecule has 0 amide bonds. The fraction of sp³-hybridized carbons (Fsp3) is 0.261. The first-order chi connectivity index (χ1) is 14.6. The molecular formula is C23H25N3O3S. The Bertz CT molecular complexity index is 1050. The van der Waals surface area contributed by atoms with E-state index in [0.717, 1.165) is 30.1 Å². The molecule has 7 heteroatoms. The number of thiocarbonyl (C=S) groups is 1. The minimum Gasteiger partial charge on any atom is -0.497 e. The Kier molecular flexibility index (Phi) is 5.81. The Morgan fingerprint density at radius 3 is 2.53 bits per heavy atom. The van der Waals surface area contributed by atoms with Gasteiger partial charge in [-0.15, -0.1) is 0 Å². The second-order valence-corrected chi connectivity index (χ2v) is 7.39. The molecule has 156 valence electrons. The molecule has 0 spiro atoms. The van der Waals surface area contributed by atoms with Crippen LogP contribution in [0, 0.1) is 0 Å². The summed E-state index contributed by atoms with van der Waals surface area (Å²) in [5.41, 5.74) is 3.16. The minimum absolute atomic E-state index is 0.0424. The molecule has 1 aromatic heterocycles. The first-order valence-electron chi connectivity index (χ1n) is 9.73. The molecule has 1 aliphatic heterocycles. The van der Waals surface area contributed by atoms with E-state index in [4.69, 9.17) is 26.4 Å². The highest BCUT2D eigenvalue weighted by Gasteiger charge is 2.31. The van der Waals surface area contributed by atoms with Gasteiger partial charge in [0, 0.05) is 36.7 Å². The Labute approximate surface area is 182 Å². The van der Waals surface area contributed by atoms with Gasteiger partial charge in [0.05, 0.1) is 27.4 Å². The van der Waals surface area contributed by atoms with Crippen molar-refractivity contribution in [1.82, 2.24) is 9.47 Å². The lowest BCUT2D eigenvalue weighted by Gasteiger charge is -2.39. The van der Waals surface area contributed by atoms with E-state index in [1.54, 1.807) is 21.3 Å². The lowest BCUT2D eigenvalue weighted by molar-refractivity contribution is 0.291. The molecule has 0 saturated carbocycles. The SMILES string of the molecule is COc1cccc(NC(=S)N2CCn3cccc3[C@H]2c2ccc(OC)c(OC)c2)c1. The summed E-state index contributed by atoms with van der Waals surface area (Å²) >= 11 is 5.83. The molecule has 0 radical (unpaired) electrons. The summed E-state index contributed by atoms with van der Waals surface area (Å²) < 4.78 is 18.6. The third kappa shape index (κ3) is 3.80. The summed E-state index contributed by atoms with van der Waals surface area (Å²) in [4.78, 5) is 2.21. The van der Waals surface area contributed by atoms with Crippen LogP contribution >= 0.6 is 12.2 Å². The highest BCUT2D eigenvalue weighted by atomic mass is 32.1. The summed E-state index contributed by atoms with van der Waals surface area (Å²) in [5, 5.41) is 4.03. The zero-order valence-electron chi connectivity index (χ0n) is 17.3. The molecule has 0 aliphatic carbocycles. The molecule has 2 heterocycles. The molecule has 3 aromatic rings. The molecular weight excluding hydrogens is 398 g/mol. The maximum Gasteiger partial charge on any atom is 0.174 e. The number of hydrogen-bond donors (Lipinski definition) is 1. The van der Waals surface area contributed by atoms with E-state index in [-0.39, 0.29) is 6.04 Å². The van der Waals surface area contributed by atoms with Crippen molar-refractivity contribution < 1.29 is 14.2 Å². The number of aromatic nitrogens is 1. The van der Waals surface area contributed by atoms with Crippen molar-refractivity contribution in [1.29, 1.82) is 0 Å². The van der Waals surface area contributed by atoms with Gasteiger partial charge in [0.1, 0.15) is 5.75 Å². The van der Waals surface area contributed by atoms with Gasteiger partial charge in [-0.1, -0.05) is 12.1 Å². The molecule has 1 N–H and O–H groups in total. The van der Waals surface area contributed by atoms with E-state index in [2.05, 4.69) is 39.2 Å². The van der Waals surface area contributed by atoms with E-state index in [1.165, 1.54) is 5.69 Å². The smallest absolute Gasteiger partial charge is 0.174 e. The fourth-order valence-electron chi connectivity index (χ4n) is 3.87. The predicted octanol–water partition coefficient (Wildman–Crippen LogP) is 4.32. The molecule has 30 heavy (non-hydrogen) atoms. The summed E-state index contributed by atoms with van der Waals surface area (Å²) in [6.07, 6.45) is 2.11. The number of hydrogen-bond acceptors (Lipinski definition) is 4. The van der Waals surface area contributed by atoms with Crippen molar-refractivity contribution >= 4 is 23.0 Å².